The number of nitrogens with zero attached hydrogens (tertiary/aromatic N) is 1. The average Bonchev–Trinajstić information content (AvgIpc) is 3.29. The number of rotatable bonds is 4. The minimum Gasteiger partial charge on any atom is -0.256 e. The predicted octanol–water partition coefficient (Wildman–Crippen LogP) is 15.8. The van der Waals surface area contributed by atoms with Gasteiger partial charge in [0.2, 0.25) is 0 Å². The van der Waals surface area contributed by atoms with Crippen LogP contribution in [0.2, 0.25) is 0 Å². The third-order valence-electron chi connectivity index (χ3n) is 12.2. The summed E-state index contributed by atoms with van der Waals surface area (Å²) < 4.78 is 0. The molecule has 0 aliphatic heterocycles. The molecule has 1 heterocycles. The second kappa shape index (κ2) is 13.0. The monoisotopic (exact) mass is 733 g/mol. The first-order valence-electron chi connectivity index (χ1n) is 20.0. The van der Waals surface area contributed by atoms with Crippen LogP contribution in [-0.2, 0) is 0 Å². The van der Waals surface area contributed by atoms with Crippen LogP contribution in [0.3, 0.4) is 0 Å². The largest absolute Gasteiger partial charge is 0.256 e. The summed E-state index contributed by atoms with van der Waals surface area (Å²) in [5, 5.41) is 16.0. The van der Waals surface area contributed by atoms with Crippen molar-refractivity contribution in [1.82, 2.24) is 4.98 Å². The summed E-state index contributed by atoms with van der Waals surface area (Å²) in [5.41, 5.74) is 10.9. The molecule has 0 radical (unpaired) electrons. The highest BCUT2D eigenvalue weighted by Gasteiger charge is 2.20. The molecule has 0 bridgehead atoms. The Kier molecular flexibility index (Phi) is 7.30. The van der Waals surface area contributed by atoms with E-state index in [0.29, 0.717) is 0 Å². The van der Waals surface area contributed by atoms with Crippen molar-refractivity contribution in [2.75, 3.05) is 0 Å². The maximum Gasteiger partial charge on any atom is 0.0786 e. The van der Waals surface area contributed by atoms with Crippen molar-refractivity contribution in [3.8, 4) is 44.5 Å². The fourth-order valence-corrected chi connectivity index (χ4v) is 9.57. The normalized spacial score (nSPS) is 11.8. The van der Waals surface area contributed by atoms with Crippen LogP contribution < -0.4 is 0 Å². The molecule has 1 nitrogen and oxygen atoms in total. The van der Waals surface area contributed by atoms with Crippen molar-refractivity contribution in [3.05, 3.63) is 212 Å². The van der Waals surface area contributed by atoms with Gasteiger partial charge in [0.25, 0.3) is 0 Å². The van der Waals surface area contributed by atoms with E-state index in [9.17, 15) is 0 Å². The molecule has 0 aliphatic carbocycles. The Balaban J connectivity index is 1.08. The molecular weight excluding hydrogens is 699 g/mol. The molecule has 0 amide bonds. The number of hydrogen-bond acceptors (Lipinski definition) is 1. The minimum absolute atomic E-state index is 1.04. The SMILES string of the molecule is c1ccc2c(-c3c4ccccc4c(-c4cccc5ccccc45)c4cc(-c5ccc6cc(-c7cc8ccccc8c8ncccc78)ccc6c5)ccc34)cccc2c1. The molecule has 12 rings (SSSR count). The van der Waals surface area contributed by atoms with Crippen LogP contribution in [0.1, 0.15) is 0 Å². The lowest BCUT2D eigenvalue weighted by atomic mass is 9.83. The van der Waals surface area contributed by atoms with E-state index in [1.807, 2.05) is 12.3 Å². The molecule has 0 N–H and O–H groups in total. The number of fused-ring (bicyclic) bond motifs is 8. The first-order chi connectivity index (χ1) is 28.8. The van der Waals surface area contributed by atoms with Crippen LogP contribution in [0.4, 0.5) is 0 Å². The van der Waals surface area contributed by atoms with Gasteiger partial charge < -0.3 is 0 Å². The second-order valence-corrected chi connectivity index (χ2v) is 15.4. The van der Waals surface area contributed by atoms with Gasteiger partial charge in [-0.2, -0.15) is 0 Å². The van der Waals surface area contributed by atoms with E-state index in [2.05, 4.69) is 200 Å². The molecule has 0 fully saturated rings. The van der Waals surface area contributed by atoms with Gasteiger partial charge in [-0.15, -0.1) is 0 Å². The quantitative estimate of drug-likeness (QED) is 0.130. The van der Waals surface area contributed by atoms with Crippen LogP contribution >= 0.6 is 0 Å². The van der Waals surface area contributed by atoms with Gasteiger partial charge in [-0.1, -0.05) is 176 Å². The van der Waals surface area contributed by atoms with Gasteiger partial charge >= 0.3 is 0 Å². The zero-order valence-corrected chi connectivity index (χ0v) is 31.7. The van der Waals surface area contributed by atoms with Crippen LogP contribution in [0.25, 0.3) is 120 Å². The fourth-order valence-electron chi connectivity index (χ4n) is 9.57. The van der Waals surface area contributed by atoms with Gasteiger partial charge in [0.05, 0.1) is 5.52 Å². The van der Waals surface area contributed by atoms with Crippen molar-refractivity contribution in [3.63, 3.8) is 0 Å². The summed E-state index contributed by atoms with van der Waals surface area (Å²) in [6.45, 7) is 0. The van der Waals surface area contributed by atoms with Crippen LogP contribution in [0.5, 0.6) is 0 Å². The summed E-state index contributed by atoms with van der Waals surface area (Å²) in [6, 6.07) is 76.0. The fraction of sp³-hybridized carbons (Fsp3) is 0. The number of pyridine rings is 1. The Morgan fingerprint density at radius 1 is 0.241 bits per heavy atom. The summed E-state index contributed by atoms with van der Waals surface area (Å²) >= 11 is 0. The van der Waals surface area contributed by atoms with E-state index in [1.165, 1.54) is 115 Å². The first-order valence-corrected chi connectivity index (χ1v) is 20.0. The molecule has 268 valence electrons. The summed E-state index contributed by atoms with van der Waals surface area (Å²) in [4.78, 5) is 4.82. The molecular formula is C57H35N. The van der Waals surface area contributed by atoms with E-state index in [0.717, 1.165) is 5.52 Å². The topological polar surface area (TPSA) is 12.9 Å². The number of hydrogen-bond donors (Lipinski definition) is 0. The smallest absolute Gasteiger partial charge is 0.0786 e. The summed E-state index contributed by atoms with van der Waals surface area (Å²) in [7, 11) is 0. The van der Waals surface area contributed by atoms with Gasteiger partial charge in [0.1, 0.15) is 0 Å². The lowest BCUT2D eigenvalue weighted by Crippen LogP contribution is -1.93. The van der Waals surface area contributed by atoms with Crippen LogP contribution in [0.15, 0.2) is 212 Å². The molecule has 12 aromatic rings. The Labute approximate surface area is 336 Å². The standard InChI is InChI=1S/C57H35N/c1-4-17-44-36(12-1)15-9-22-47(44)55-49-20-7-8-21-50(49)56(48-23-10-16-37-13-2-5-18-45(37)48)54-34-41(29-30-51(54)55)39-25-26-40-33-43(28-27-38(40)32-39)53-35-42-14-3-6-19-46(42)57-52(53)24-11-31-58-57/h1-35H. The molecule has 0 saturated carbocycles. The number of benzene rings is 11. The van der Waals surface area contributed by atoms with Gasteiger partial charge in [-0.05, 0) is 134 Å². The molecule has 1 heteroatoms. The molecule has 11 aromatic carbocycles. The summed E-state index contributed by atoms with van der Waals surface area (Å²) in [5.74, 6) is 0. The Bertz CT molecular complexity index is 3620. The van der Waals surface area contributed by atoms with E-state index in [-0.39, 0.29) is 0 Å². The van der Waals surface area contributed by atoms with Gasteiger partial charge in [0.15, 0.2) is 0 Å². The maximum absolute atomic E-state index is 4.82. The first kappa shape index (κ1) is 32.6. The van der Waals surface area contributed by atoms with E-state index in [4.69, 9.17) is 4.98 Å². The van der Waals surface area contributed by atoms with Crippen molar-refractivity contribution in [1.29, 1.82) is 0 Å². The van der Waals surface area contributed by atoms with Gasteiger partial charge in [-0.3, -0.25) is 4.98 Å². The molecule has 0 saturated heterocycles. The van der Waals surface area contributed by atoms with E-state index in [1.54, 1.807) is 0 Å². The lowest BCUT2D eigenvalue weighted by molar-refractivity contribution is 1.43. The highest BCUT2D eigenvalue weighted by Crippen LogP contribution is 2.48. The zero-order valence-electron chi connectivity index (χ0n) is 31.7. The molecule has 0 unspecified atom stereocenters. The van der Waals surface area contributed by atoms with E-state index < -0.39 is 0 Å². The second-order valence-electron chi connectivity index (χ2n) is 15.4. The molecule has 0 aliphatic rings. The third-order valence-corrected chi connectivity index (χ3v) is 12.2. The predicted molar refractivity (Wildman–Crippen MR) is 249 cm³/mol. The van der Waals surface area contributed by atoms with Crippen LogP contribution in [0, 0.1) is 0 Å². The third kappa shape index (κ3) is 5.07. The zero-order chi connectivity index (χ0) is 38.2. The molecule has 0 spiro atoms. The Morgan fingerprint density at radius 2 is 0.724 bits per heavy atom. The van der Waals surface area contributed by atoms with Crippen LogP contribution in [-0.4, -0.2) is 4.98 Å². The van der Waals surface area contributed by atoms with Crippen molar-refractivity contribution in [2.45, 2.75) is 0 Å². The lowest BCUT2D eigenvalue weighted by Gasteiger charge is -2.20. The highest BCUT2D eigenvalue weighted by molar-refractivity contribution is 6.25. The molecule has 58 heavy (non-hydrogen) atoms. The van der Waals surface area contributed by atoms with Crippen molar-refractivity contribution >= 4 is 75.5 Å². The van der Waals surface area contributed by atoms with Crippen molar-refractivity contribution < 1.29 is 0 Å². The average molecular weight is 734 g/mol. The minimum atomic E-state index is 1.04. The molecule has 1 aromatic heterocycles. The summed E-state index contributed by atoms with van der Waals surface area (Å²) in [6.07, 6.45) is 1.89. The Hall–Kier alpha value is -7.61. The maximum atomic E-state index is 4.82. The number of aromatic nitrogens is 1. The molecule has 0 atom stereocenters. The van der Waals surface area contributed by atoms with Gasteiger partial charge in [0, 0.05) is 17.0 Å². The van der Waals surface area contributed by atoms with E-state index >= 15 is 0 Å². The highest BCUT2D eigenvalue weighted by atomic mass is 14.6. The van der Waals surface area contributed by atoms with Gasteiger partial charge in [-0.25, -0.2) is 0 Å². The Morgan fingerprint density at radius 3 is 1.41 bits per heavy atom. The van der Waals surface area contributed by atoms with Crippen molar-refractivity contribution in [2.24, 2.45) is 0 Å².